The van der Waals surface area contributed by atoms with Crippen LogP contribution in [0, 0.1) is 0 Å². The maximum absolute atomic E-state index is 12.3. The third-order valence-corrected chi connectivity index (χ3v) is 3.80. The highest BCUT2D eigenvalue weighted by Gasteiger charge is 2.35. The number of amides is 1. The van der Waals surface area contributed by atoms with Crippen molar-refractivity contribution in [2.45, 2.75) is 38.3 Å². The fraction of sp³-hybridized carbons (Fsp3) is 0.467. The zero-order valence-corrected chi connectivity index (χ0v) is 11.7. The number of carbonyl (C=O) groups excluding carboxylic acids is 2. The smallest absolute Gasteiger partial charge is 0.268 e. The summed E-state index contributed by atoms with van der Waals surface area (Å²) in [6.45, 7) is 4.31. The molecule has 1 fully saturated rings. The van der Waals surface area contributed by atoms with Crippen molar-refractivity contribution < 1.29 is 14.3 Å². The third kappa shape index (κ3) is 2.18. The molecule has 1 amide bonds. The van der Waals surface area contributed by atoms with Crippen molar-refractivity contribution >= 4 is 17.4 Å². The van der Waals surface area contributed by atoms with E-state index in [0.29, 0.717) is 17.0 Å². The number of hydrogen-bond donors (Lipinski definition) is 2. The molecule has 106 valence electrons. The van der Waals surface area contributed by atoms with E-state index >= 15 is 0 Å². The maximum Gasteiger partial charge on any atom is 0.268 e. The molecule has 0 spiro atoms. The second-order valence-corrected chi connectivity index (χ2v) is 5.79. The van der Waals surface area contributed by atoms with Crippen molar-refractivity contribution in [3.8, 4) is 5.75 Å². The highest BCUT2D eigenvalue weighted by molar-refractivity contribution is 6.04. The summed E-state index contributed by atoms with van der Waals surface area (Å²) in [7, 11) is 0. The van der Waals surface area contributed by atoms with Crippen LogP contribution in [0.1, 0.15) is 37.0 Å². The van der Waals surface area contributed by atoms with E-state index < -0.39 is 5.60 Å². The topological polar surface area (TPSA) is 67.4 Å². The molecular weight excluding hydrogens is 256 g/mol. The number of hydrogen-bond acceptors (Lipinski definition) is 4. The first kappa shape index (κ1) is 13.1. The van der Waals surface area contributed by atoms with Crippen LogP contribution in [0.5, 0.6) is 5.75 Å². The van der Waals surface area contributed by atoms with Crippen molar-refractivity contribution in [2.24, 2.45) is 0 Å². The molecule has 2 heterocycles. The number of rotatable bonds is 2. The van der Waals surface area contributed by atoms with Gasteiger partial charge in [-0.2, -0.15) is 0 Å². The lowest BCUT2D eigenvalue weighted by molar-refractivity contribution is -0.129. The van der Waals surface area contributed by atoms with Crippen LogP contribution in [0.15, 0.2) is 18.2 Å². The van der Waals surface area contributed by atoms with Gasteiger partial charge in [-0.05, 0) is 51.4 Å². The largest absolute Gasteiger partial charge is 0.476 e. The molecule has 0 bridgehead atoms. The Bertz CT molecular complexity index is 574. The summed E-state index contributed by atoms with van der Waals surface area (Å²) in [6, 6.07) is 5.10. The molecule has 0 radical (unpaired) electrons. The van der Waals surface area contributed by atoms with Gasteiger partial charge < -0.3 is 15.4 Å². The van der Waals surface area contributed by atoms with Crippen molar-refractivity contribution in [3.63, 3.8) is 0 Å². The Kier molecular flexibility index (Phi) is 3.01. The van der Waals surface area contributed by atoms with Gasteiger partial charge in [0.1, 0.15) is 5.75 Å². The standard InChI is InChI=1S/C15H18N2O3/c1-15(2)14(19)17-11-8-9(5-6-12(11)20-15)13(18)10-4-3-7-16-10/h5-6,8,10,16H,3-4,7H2,1-2H3,(H,17,19). The van der Waals surface area contributed by atoms with E-state index in [1.54, 1.807) is 32.0 Å². The molecule has 1 unspecified atom stereocenters. The molecule has 0 saturated carbocycles. The summed E-state index contributed by atoms with van der Waals surface area (Å²) in [5.74, 6) is 0.475. The molecule has 1 saturated heterocycles. The quantitative estimate of drug-likeness (QED) is 0.806. The van der Waals surface area contributed by atoms with Crippen molar-refractivity contribution in [2.75, 3.05) is 11.9 Å². The van der Waals surface area contributed by atoms with Gasteiger partial charge in [0.05, 0.1) is 11.7 Å². The Morgan fingerprint density at radius 2 is 2.20 bits per heavy atom. The van der Waals surface area contributed by atoms with Gasteiger partial charge in [0.2, 0.25) is 0 Å². The molecule has 1 aromatic carbocycles. The average molecular weight is 274 g/mol. The number of Topliss-reactive ketones (excluding diaryl/α,β-unsaturated/α-hetero) is 1. The van der Waals surface area contributed by atoms with E-state index in [1.807, 2.05) is 0 Å². The summed E-state index contributed by atoms with van der Waals surface area (Å²) < 4.78 is 5.65. The lowest BCUT2D eigenvalue weighted by Crippen LogP contribution is -2.45. The highest BCUT2D eigenvalue weighted by atomic mass is 16.5. The Morgan fingerprint density at radius 1 is 1.40 bits per heavy atom. The molecule has 5 heteroatoms. The number of benzene rings is 1. The number of fused-ring (bicyclic) bond motifs is 1. The second kappa shape index (κ2) is 4.59. The molecular formula is C15H18N2O3. The van der Waals surface area contributed by atoms with Crippen LogP contribution < -0.4 is 15.4 Å². The Balaban J connectivity index is 1.88. The molecule has 20 heavy (non-hydrogen) atoms. The minimum atomic E-state index is -0.883. The van der Waals surface area contributed by atoms with Gasteiger partial charge in [-0.1, -0.05) is 0 Å². The van der Waals surface area contributed by atoms with Crippen LogP contribution in [0.25, 0.3) is 0 Å². The summed E-state index contributed by atoms with van der Waals surface area (Å²) >= 11 is 0. The van der Waals surface area contributed by atoms with Gasteiger partial charge in [-0.3, -0.25) is 9.59 Å². The predicted molar refractivity (Wildman–Crippen MR) is 75.1 cm³/mol. The summed E-state index contributed by atoms with van der Waals surface area (Å²) in [4.78, 5) is 24.2. The first-order valence-electron chi connectivity index (χ1n) is 6.89. The normalized spacial score (nSPS) is 23.7. The van der Waals surface area contributed by atoms with Gasteiger partial charge in [0.25, 0.3) is 5.91 Å². The van der Waals surface area contributed by atoms with Crippen molar-refractivity contribution in [3.05, 3.63) is 23.8 Å². The Labute approximate surface area is 117 Å². The van der Waals surface area contributed by atoms with Crippen LogP contribution in [-0.4, -0.2) is 29.9 Å². The van der Waals surface area contributed by atoms with Crippen LogP contribution in [0.4, 0.5) is 5.69 Å². The zero-order valence-electron chi connectivity index (χ0n) is 11.7. The van der Waals surface area contributed by atoms with E-state index in [-0.39, 0.29) is 17.7 Å². The SMILES string of the molecule is CC1(C)Oc2ccc(C(=O)C3CCCN3)cc2NC1=O. The molecule has 1 aromatic rings. The summed E-state index contributed by atoms with van der Waals surface area (Å²) in [5, 5.41) is 5.99. The minimum Gasteiger partial charge on any atom is -0.476 e. The van der Waals surface area contributed by atoms with Crippen LogP contribution >= 0.6 is 0 Å². The van der Waals surface area contributed by atoms with Gasteiger partial charge >= 0.3 is 0 Å². The van der Waals surface area contributed by atoms with Gasteiger partial charge in [-0.15, -0.1) is 0 Å². The van der Waals surface area contributed by atoms with Gasteiger partial charge in [-0.25, -0.2) is 0 Å². The van der Waals surface area contributed by atoms with E-state index in [0.717, 1.165) is 19.4 Å². The Morgan fingerprint density at radius 3 is 2.90 bits per heavy atom. The maximum atomic E-state index is 12.3. The van der Waals surface area contributed by atoms with E-state index in [2.05, 4.69) is 10.6 Å². The van der Waals surface area contributed by atoms with E-state index in [1.165, 1.54) is 0 Å². The highest BCUT2D eigenvalue weighted by Crippen LogP contribution is 2.34. The van der Waals surface area contributed by atoms with Gasteiger partial charge in [0.15, 0.2) is 11.4 Å². The van der Waals surface area contributed by atoms with Crippen LogP contribution in [0.3, 0.4) is 0 Å². The molecule has 3 rings (SSSR count). The molecule has 0 aliphatic carbocycles. The zero-order chi connectivity index (χ0) is 14.3. The molecule has 2 aliphatic heterocycles. The number of anilines is 1. The fourth-order valence-corrected chi connectivity index (χ4v) is 2.57. The fourth-order valence-electron chi connectivity index (χ4n) is 2.57. The first-order chi connectivity index (χ1) is 9.47. The van der Waals surface area contributed by atoms with Gasteiger partial charge in [0, 0.05) is 5.56 Å². The predicted octanol–water partition coefficient (Wildman–Crippen LogP) is 1.73. The average Bonchev–Trinajstić information content (AvgIpc) is 2.92. The second-order valence-electron chi connectivity index (χ2n) is 5.79. The minimum absolute atomic E-state index is 0.0735. The lowest BCUT2D eigenvalue weighted by atomic mass is 10.00. The Hall–Kier alpha value is -1.88. The summed E-state index contributed by atoms with van der Waals surface area (Å²) in [5.41, 5.74) is 0.288. The first-order valence-corrected chi connectivity index (χ1v) is 6.89. The molecule has 0 aromatic heterocycles. The number of ether oxygens (including phenoxy) is 1. The molecule has 5 nitrogen and oxygen atoms in total. The van der Waals surface area contributed by atoms with E-state index in [4.69, 9.17) is 4.74 Å². The van der Waals surface area contributed by atoms with Crippen molar-refractivity contribution in [1.29, 1.82) is 0 Å². The monoisotopic (exact) mass is 274 g/mol. The molecule has 1 atom stereocenters. The van der Waals surface area contributed by atoms with Crippen LogP contribution in [-0.2, 0) is 4.79 Å². The van der Waals surface area contributed by atoms with Crippen LogP contribution in [0.2, 0.25) is 0 Å². The number of ketones is 1. The van der Waals surface area contributed by atoms with Crippen molar-refractivity contribution in [1.82, 2.24) is 5.32 Å². The third-order valence-electron chi connectivity index (χ3n) is 3.80. The summed E-state index contributed by atoms with van der Waals surface area (Å²) in [6.07, 6.45) is 1.89. The lowest BCUT2D eigenvalue weighted by Gasteiger charge is -2.31. The molecule has 2 aliphatic rings. The number of nitrogens with one attached hydrogen (secondary N) is 2. The van der Waals surface area contributed by atoms with E-state index in [9.17, 15) is 9.59 Å². The number of carbonyl (C=O) groups is 2. The molecule has 2 N–H and O–H groups in total.